The zero-order valence-electron chi connectivity index (χ0n) is 11.1. The molecule has 3 N–H and O–H groups in total. The van der Waals surface area contributed by atoms with Gasteiger partial charge in [-0.2, -0.15) is 0 Å². The van der Waals surface area contributed by atoms with Crippen LogP contribution in [0.2, 0.25) is 0 Å². The molecule has 1 atom stereocenters. The fraction of sp³-hybridized carbons (Fsp3) is 0.500. The van der Waals surface area contributed by atoms with Crippen LogP contribution in [-0.2, 0) is 4.79 Å². The van der Waals surface area contributed by atoms with Crippen LogP contribution in [0.3, 0.4) is 0 Å². The van der Waals surface area contributed by atoms with E-state index >= 15 is 0 Å². The van der Waals surface area contributed by atoms with Crippen LogP contribution in [0.4, 0.5) is 5.69 Å². The molecule has 0 unspecified atom stereocenters. The Kier molecular flexibility index (Phi) is 8.42. The van der Waals surface area contributed by atoms with Gasteiger partial charge in [-0.15, -0.1) is 12.4 Å². The van der Waals surface area contributed by atoms with Crippen molar-refractivity contribution < 1.29 is 4.79 Å². The van der Waals surface area contributed by atoms with Gasteiger partial charge >= 0.3 is 0 Å². The molecule has 1 aromatic carbocycles. The van der Waals surface area contributed by atoms with Crippen molar-refractivity contribution >= 4 is 24.0 Å². The fourth-order valence-corrected chi connectivity index (χ4v) is 1.80. The van der Waals surface area contributed by atoms with E-state index in [2.05, 4.69) is 12.2 Å². The fourth-order valence-electron chi connectivity index (χ4n) is 1.80. The van der Waals surface area contributed by atoms with E-state index in [0.29, 0.717) is 0 Å². The first kappa shape index (κ1) is 16.9. The average molecular weight is 271 g/mol. The third-order valence-electron chi connectivity index (χ3n) is 2.78. The van der Waals surface area contributed by atoms with Crippen molar-refractivity contribution in [2.75, 3.05) is 5.32 Å². The van der Waals surface area contributed by atoms with Crippen molar-refractivity contribution in [3.63, 3.8) is 0 Å². The predicted molar refractivity (Wildman–Crippen MR) is 79.1 cm³/mol. The van der Waals surface area contributed by atoms with E-state index in [1.54, 1.807) is 0 Å². The average Bonchev–Trinajstić information content (AvgIpc) is 2.29. The molecule has 0 heterocycles. The first-order valence-corrected chi connectivity index (χ1v) is 6.26. The molecule has 18 heavy (non-hydrogen) atoms. The van der Waals surface area contributed by atoms with Gasteiger partial charge in [0, 0.05) is 18.7 Å². The Morgan fingerprint density at radius 1 is 1.28 bits per heavy atom. The Morgan fingerprint density at radius 2 is 1.89 bits per heavy atom. The van der Waals surface area contributed by atoms with Crippen molar-refractivity contribution in [2.24, 2.45) is 5.73 Å². The van der Waals surface area contributed by atoms with Crippen molar-refractivity contribution in [3.05, 3.63) is 29.8 Å². The summed E-state index contributed by atoms with van der Waals surface area (Å²) < 4.78 is 0. The highest BCUT2D eigenvalue weighted by molar-refractivity contribution is 5.88. The summed E-state index contributed by atoms with van der Waals surface area (Å²) in [6, 6.07) is 7.88. The Labute approximate surface area is 116 Å². The summed E-state index contributed by atoms with van der Waals surface area (Å²) >= 11 is 0. The highest BCUT2D eigenvalue weighted by Crippen LogP contribution is 2.19. The third kappa shape index (κ3) is 6.03. The van der Waals surface area contributed by atoms with Crippen molar-refractivity contribution in [3.8, 4) is 0 Å². The normalized spacial score (nSPS) is 11.5. The first-order chi connectivity index (χ1) is 8.13. The van der Waals surface area contributed by atoms with Gasteiger partial charge in [0.05, 0.1) is 0 Å². The standard InChI is InChI=1S/C14H22N2O.ClH/c1-3-4-5-6-14(15)12-7-9-13(10-8-12)16-11(2)17;/h7-10,14H,3-6,15H2,1-2H3,(H,16,17);1H/t14-;/m1./s1. The number of halogens is 1. The van der Waals surface area contributed by atoms with Crippen LogP contribution in [0, 0.1) is 0 Å². The zero-order valence-corrected chi connectivity index (χ0v) is 11.9. The van der Waals surface area contributed by atoms with E-state index in [1.807, 2.05) is 24.3 Å². The maximum atomic E-state index is 10.9. The second-order valence-corrected chi connectivity index (χ2v) is 4.41. The molecule has 4 heteroatoms. The van der Waals surface area contributed by atoms with E-state index in [0.717, 1.165) is 17.7 Å². The lowest BCUT2D eigenvalue weighted by Crippen LogP contribution is -2.10. The number of nitrogens with two attached hydrogens (primary N) is 1. The molecule has 0 aliphatic carbocycles. The molecule has 0 aromatic heterocycles. The van der Waals surface area contributed by atoms with Crippen LogP contribution in [-0.4, -0.2) is 5.91 Å². The number of anilines is 1. The lowest BCUT2D eigenvalue weighted by molar-refractivity contribution is -0.114. The molecule has 0 radical (unpaired) electrons. The summed E-state index contributed by atoms with van der Waals surface area (Å²) in [5.41, 5.74) is 8.06. The van der Waals surface area contributed by atoms with Gasteiger partial charge in [-0.1, -0.05) is 38.3 Å². The molecule has 0 saturated carbocycles. The molecule has 0 aliphatic rings. The quantitative estimate of drug-likeness (QED) is 0.776. The third-order valence-corrected chi connectivity index (χ3v) is 2.78. The second kappa shape index (κ2) is 8.95. The maximum Gasteiger partial charge on any atom is 0.221 e. The zero-order chi connectivity index (χ0) is 12.7. The van der Waals surface area contributed by atoms with E-state index in [-0.39, 0.29) is 24.4 Å². The summed E-state index contributed by atoms with van der Waals surface area (Å²) in [4.78, 5) is 10.9. The van der Waals surface area contributed by atoms with Crippen LogP contribution in [0.25, 0.3) is 0 Å². The Bertz CT molecular complexity index is 351. The van der Waals surface area contributed by atoms with Crippen LogP contribution in [0.1, 0.15) is 51.1 Å². The van der Waals surface area contributed by atoms with E-state index in [4.69, 9.17) is 5.73 Å². The molecule has 0 aliphatic heterocycles. The molecule has 1 rings (SSSR count). The largest absolute Gasteiger partial charge is 0.326 e. The molecule has 3 nitrogen and oxygen atoms in total. The van der Waals surface area contributed by atoms with E-state index < -0.39 is 0 Å². The topological polar surface area (TPSA) is 55.1 Å². The predicted octanol–water partition coefficient (Wildman–Crippen LogP) is 3.65. The summed E-state index contributed by atoms with van der Waals surface area (Å²) in [6.07, 6.45) is 4.64. The van der Waals surface area contributed by atoms with Crippen molar-refractivity contribution in [1.82, 2.24) is 0 Å². The Balaban J connectivity index is 0.00000289. The number of benzene rings is 1. The minimum atomic E-state index is -0.0509. The van der Waals surface area contributed by atoms with E-state index in [1.165, 1.54) is 26.2 Å². The molecule has 0 bridgehead atoms. The molecule has 0 spiro atoms. The molecular weight excluding hydrogens is 248 g/mol. The van der Waals surface area contributed by atoms with Crippen molar-refractivity contribution in [1.29, 1.82) is 0 Å². The molecule has 102 valence electrons. The Morgan fingerprint density at radius 3 is 2.39 bits per heavy atom. The lowest BCUT2D eigenvalue weighted by atomic mass is 10.0. The molecular formula is C14H23ClN2O. The monoisotopic (exact) mass is 270 g/mol. The highest BCUT2D eigenvalue weighted by atomic mass is 35.5. The van der Waals surface area contributed by atoms with Crippen LogP contribution >= 0.6 is 12.4 Å². The smallest absolute Gasteiger partial charge is 0.221 e. The molecule has 1 aromatic rings. The second-order valence-electron chi connectivity index (χ2n) is 4.41. The molecule has 0 saturated heterocycles. The van der Waals surface area contributed by atoms with Gasteiger partial charge in [0.1, 0.15) is 0 Å². The number of nitrogens with one attached hydrogen (secondary N) is 1. The van der Waals surface area contributed by atoms with Gasteiger partial charge in [0.25, 0.3) is 0 Å². The van der Waals surface area contributed by atoms with Gasteiger partial charge in [-0.3, -0.25) is 4.79 Å². The minimum Gasteiger partial charge on any atom is -0.326 e. The summed E-state index contributed by atoms with van der Waals surface area (Å²) in [5.74, 6) is -0.0509. The van der Waals surface area contributed by atoms with Gasteiger partial charge in [-0.25, -0.2) is 0 Å². The maximum absolute atomic E-state index is 10.9. The minimum absolute atomic E-state index is 0. The van der Waals surface area contributed by atoms with Crippen molar-refractivity contribution in [2.45, 2.75) is 45.6 Å². The van der Waals surface area contributed by atoms with Gasteiger partial charge < -0.3 is 11.1 Å². The summed E-state index contributed by atoms with van der Waals surface area (Å²) in [6.45, 7) is 3.69. The number of rotatable bonds is 6. The van der Waals surface area contributed by atoms with E-state index in [9.17, 15) is 4.79 Å². The Hall–Kier alpha value is -1.06. The number of carbonyl (C=O) groups is 1. The SMILES string of the molecule is CCCCC[C@@H](N)c1ccc(NC(C)=O)cc1.Cl. The molecule has 1 amide bonds. The van der Waals surface area contributed by atoms with Crippen LogP contribution in [0.15, 0.2) is 24.3 Å². The van der Waals surface area contributed by atoms with Gasteiger partial charge in [0.2, 0.25) is 5.91 Å². The number of unbranched alkanes of at least 4 members (excludes halogenated alkanes) is 2. The summed E-state index contributed by atoms with van der Waals surface area (Å²) in [5, 5.41) is 2.74. The highest BCUT2D eigenvalue weighted by Gasteiger charge is 2.05. The van der Waals surface area contributed by atoms with Crippen LogP contribution < -0.4 is 11.1 Å². The molecule has 0 fully saturated rings. The lowest BCUT2D eigenvalue weighted by Gasteiger charge is -2.12. The summed E-state index contributed by atoms with van der Waals surface area (Å²) in [7, 11) is 0. The van der Waals surface area contributed by atoms with Gasteiger partial charge in [-0.05, 0) is 24.1 Å². The first-order valence-electron chi connectivity index (χ1n) is 6.26. The number of amides is 1. The van der Waals surface area contributed by atoms with Gasteiger partial charge in [0.15, 0.2) is 0 Å². The number of carbonyl (C=O) groups excluding carboxylic acids is 1. The number of hydrogen-bond acceptors (Lipinski definition) is 2. The van der Waals surface area contributed by atoms with Crippen LogP contribution in [0.5, 0.6) is 0 Å². The number of hydrogen-bond donors (Lipinski definition) is 2.